The van der Waals surface area contributed by atoms with Crippen LogP contribution in [-0.2, 0) is 5.41 Å². The zero-order chi connectivity index (χ0) is 72.1. The molecule has 7 aromatic carbocycles. The molecule has 276 valence electrons. The number of hydrogen-bond acceptors (Lipinski definition) is 2. The largest absolute Gasteiger partial charge is 0.455 e. The summed E-state index contributed by atoms with van der Waals surface area (Å²) in [5.74, 6) is 0. The second-order valence-electron chi connectivity index (χ2n) is 12.4. The van der Waals surface area contributed by atoms with Gasteiger partial charge < -0.3 is 9.32 Å². The maximum Gasteiger partial charge on any atom is 0.143 e. The van der Waals surface area contributed by atoms with Gasteiger partial charge in [-0.05, 0) is 99.5 Å². The molecule has 0 aliphatic heterocycles. The van der Waals surface area contributed by atoms with E-state index in [-0.39, 0.29) is 11.5 Å². The number of furan rings is 1. The Labute approximate surface area is 390 Å². The van der Waals surface area contributed by atoms with Crippen LogP contribution >= 0.6 is 0 Å². The highest BCUT2D eigenvalue weighted by Crippen LogP contribution is 2.51. The average Bonchev–Trinajstić information content (AvgIpc) is 1.47. The van der Waals surface area contributed by atoms with Gasteiger partial charge in [0.05, 0.1) is 52.9 Å². The van der Waals surface area contributed by atoms with Crippen molar-refractivity contribution in [1.29, 1.82) is 0 Å². The van der Waals surface area contributed by atoms with Gasteiger partial charge >= 0.3 is 0 Å². The van der Waals surface area contributed by atoms with Crippen molar-refractivity contribution < 1.29 is 57.9 Å². The quantitative estimate of drug-likeness (QED) is 0.145. The molecule has 1 aromatic heterocycles. The Kier molecular flexibility index (Phi) is 3.15. The molecule has 0 spiro atoms. The third kappa shape index (κ3) is 6.13. The van der Waals surface area contributed by atoms with Crippen LogP contribution in [0.4, 0.5) is 11.4 Å². The highest BCUT2D eigenvalue weighted by Gasteiger charge is 2.36. The van der Waals surface area contributed by atoms with Gasteiger partial charge in [-0.15, -0.1) is 0 Å². The minimum atomic E-state index is -4.17. The van der Waals surface area contributed by atoms with Crippen molar-refractivity contribution in [2.75, 3.05) is 4.90 Å². The minimum absolute atomic E-state index is 0.236. The molecule has 2 aliphatic rings. The van der Waals surface area contributed by atoms with E-state index in [1.807, 2.05) is 0 Å². The molecule has 2 nitrogen and oxygen atoms in total. The van der Waals surface area contributed by atoms with Gasteiger partial charge in [-0.25, -0.2) is 0 Å². The molecule has 0 bridgehead atoms. The maximum atomic E-state index is 10.6. The molecule has 2 heteroatoms. The Hall–Kier alpha value is -6.64. The Bertz CT molecular complexity index is 4920. The van der Waals surface area contributed by atoms with Crippen LogP contribution in [-0.4, -0.2) is 6.04 Å². The van der Waals surface area contributed by atoms with Crippen LogP contribution < -0.4 is 4.90 Å². The first-order chi connectivity index (χ1) is 44.3. The molecule has 57 heavy (non-hydrogen) atoms. The lowest BCUT2D eigenvalue weighted by atomic mass is 9.82. The molecule has 0 N–H and O–H groups in total. The van der Waals surface area contributed by atoms with E-state index in [0.717, 1.165) is 0 Å². The number of hydrogen-bond donors (Lipinski definition) is 0. The molecule has 10 rings (SSSR count). The van der Waals surface area contributed by atoms with Gasteiger partial charge in [-0.3, -0.25) is 0 Å². The fraction of sp³-hybridized carbons (Fsp3) is 0.127. The second kappa shape index (κ2) is 14.1. The standard InChI is InChI=1S/C55H45NO/c1-37(39-19-9-5-10-20-39)33-42(29-27-38-17-7-4-8-18-38)56(43-30-32-45-44-23-15-16-26-50(44)55(2,3)51(45)35-43)52-36-49-47-31-28-41(40-21-11-6-12-22-40)34-53(47)57-54(49)48-25-14-13-24-46(48)52/h4-9,11-19,21-32,34-36,42H,1,10,20,33H2,2-3H3/b29-27+/i1D,2D3,3D3,4D,5D,6D,7D,8D,9D,10D,11D,12D,13D,14D,15D,16D,17D,18D,19D,20D,21D,22D,23D,24D,25D,26D,28D,29D,30D,31D,32D,33D,34D,35D,36D/b29-27+,37-1?. The number of benzene rings is 7. The Morgan fingerprint density at radius 2 is 1.60 bits per heavy atom. The predicted octanol–water partition coefficient (Wildman–Crippen LogP) is 15.2. The lowest BCUT2D eigenvalue weighted by Crippen LogP contribution is -2.31. The smallest absolute Gasteiger partial charge is 0.143 e. The van der Waals surface area contributed by atoms with Crippen molar-refractivity contribution in [3.8, 4) is 22.3 Å². The first-order valence-electron chi connectivity index (χ1n) is 36.6. The fourth-order valence-electron chi connectivity index (χ4n) is 6.45. The van der Waals surface area contributed by atoms with Crippen LogP contribution in [0.5, 0.6) is 0 Å². The average molecular weight is 775 g/mol. The monoisotopic (exact) mass is 775 g/mol. The summed E-state index contributed by atoms with van der Waals surface area (Å²) in [4.78, 5) is 0.245. The van der Waals surface area contributed by atoms with Gasteiger partial charge in [-0.1, -0.05) is 171 Å². The van der Waals surface area contributed by atoms with Crippen LogP contribution in [0, 0.1) is 0 Å². The number of fused-ring (bicyclic) bond motifs is 8. The summed E-state index contributed by atoms with van der Waals surface area (Å²) in [6.45, 7) is -8.10. The zero-order valence-corrected chi connectivity index (χ0v) is 28.8. The van der Waals surface area contributed by atoms with Crippen LogP contribution in [0.2, 0.25) is 0 Å². The summed E-state index contributed by atoms with van der Waals surface area (Å²) in [6, 6.07) is -36.8. The van der Waals surface area contributed by atoms with E-state index >= 15 is 0 Å². The number of allylic oxidation sites excluding steroid dienone is 4. The van der Waals surface area contributed by atoms with Crippen molar-refractivity contribution in [3.63, 3.8) is 0 Å². The highest BCUT2D eigenvalue weighted by atomic mass is 16.3. The highest BCUT2D eigenvalue weighted by molar-refractivity contribution is 6.19. The summed E-state index contributed by atoms with van der Waals surface area (Å²) in [6.07, 6.45) is -6.76. The lowest BCUT2D eigenvalue weighted by Gasteiger charge is -2.35. The predicted molar refractivity (Wildman–Crippen MR) is 242 cm³/mol. The summed E-state index contributed by atoms with van der Waals surface area (Å²) in [7, 11) is 0. The van der Waals surface area contributed by atoms with Gasteiger partial charge in [0.2, 0.25) is 0 Å². The molecule has 1 heterocycles. The summed E-state index contributed by atoms with van der Waals surface area (Å²) < 4.78 is 364. The van der Waals surface area contributed by atoms with Gasteiger partial charge in [-0.2, -0.15) is 0 Å². The van der Waals surface area contributed by atoms with Gasteiger partial charge in [0.15, 0.2) is 0 Å². The van der Waals surface area contributed by atoms with Gasteiger partial charge in [0.1, 0.15) is 11.2 Å². The first-order valence-corrected chi connectivity index (χ1v) is 16.8. The van der Waals surface area contributed by atoms with Crippen molar-refractivity contribution >= 4 is 50.2 Å². The molecule has 0 fully saturated rings. The van der Waals surface area contributed by atoms with Crippen molar-refractivity contribution in [2.24, 2.45) is 0 Å². The van der Waals surface area contributed by atoms with E-state index in [1.165, 1.54) is 0 Å². The van der Waals surface area contributed by atoms with Crippen molar-refractivity contribution in [2.45, 2.75) is 44.4 Å². The fourth-order valence-corrected chi connectivity index (χ4v) is 6.45. The summed E-state index contributed by atoms with van der Waals surface area (Å²) in [5.41, 5.74) is -18.1. The maximum absolute atomic E-state index is 10.6. The van der Waals surface area contributed by atoms with E-state index in [2.05, 4.69) is 0 Å². The number of nitrogens with zero attached hydrogens (tertiary/aromatic N) is 1. The molecule has 0 amide bonds. The topological polar surface area (TPSA) is 16.4 Å². The molecular formula is C55H45NO. The van der Waals surface area contributed by atoms with Crippen LogP contribution in [0.15, 0.2) is 197 Å². The van der Waals surface area contributed by atoms with Gasteiger partial charge in [0.25, 0.3) is 0 Å². The third-order valence-corrected chi connectivity index (χ3v) is 9.02. The number of rotatable bonds is 9. The molecule has 0 saturated carbocycles. The van der Waals surface area contributed by atoms with E-state index < -0.39 is 314 Å². The van der Waals surface area contributed by atoms with E-state index in [1.54, 1.807) is 0 Å². The Morgan fingerprint density at radius 3 is 2.44 bits per heavy atom. The molecular weight excluding hydrogens is 691 g/mol. The summed E-state index contributed by atoms with van der Waals surface area (Å²) in [5, 5.41) is -3.86. The zero-order valence-electron chi connectivity index (χ0n) is 67.8. The Morgan fingerprint density at radius 1 is 0.825 bits per heavy atom. The molecule has 4 atom stereocenters. The second-order valence-corrected chi connectivity index (χ2v) is 12.4. The molecule has 2 aliphatic carbocycles. The van der Waals surface area contributed by atoms with E-state index in [4.69, 9.17) is 40.1 Å². The first kappa shape index (κ1) is 12.7. The molecule has 0 radical (unpaired) electrons. The molecule has 8 aromatic rings. The van der Waals surface area contributed by atoms with Crippen LogP contribution in [0.1, 0.15) is 103 Å². The van der Waals surface area contributed by atoms with Crippen molar-refractivity contribution in [1.82, 2.24) is 0 Å². The minimum Gasteiger partial charge on any atom is -0.455 e. The third-order valence-electron chi connectivity index (χ3n) is 9.02. The molecule has 0 saturated heterocycles. The van der Waals surface area contributed by atoms with E-state index in [0.29, 0.717) is 6.08 Å². The van der Waals surface area contributed by atoms with Crippen molar-refractivity contribution in [3.05, 3.63) is 210 Å². The van der Waals surface area contributed by atoms with Crippen LogP contribution in [0.25, 0.3) is 61.0 Å². The summed E-state index contributed by atoms with van der Waals surface area (Å²) >= 11 is 0. The lowest BCUT2D eigenvalue weighted by molar-refractivity contribution is 0.659. The molecule has 4 unspecified atom stereocenters. The SMILES string of the molecule is [2H]C=C(C1=C([2H])C([2H])=C([2H])C([2H])C1[2H])C([2H])C(/C([2H])=C/c1c([2H])c([2H])c([2H])c([2H])c1[2H])N(c1c([2H])c([2H])c2c(c1[2H])C(C([2H])([2H])[2H])(C([2H])([2H])[2H])c1c([2H])c([2H])c([2H])c([2H])c1-2)c1c([2H])c2c(oc3c([2H])c(-c4c([2H])c([2H])c([2H])c([2H])c4[2H])c([2H])c([2H])c32)c2c([2H])c([2H])c([2H])c([2H])c12. The number of anilines is 2. The van der Waals surface area contributed by atoms with Gasteiger partial charge in [0, 0.05) is 45.0 Å². The van der Waals surface area contributed by atoms with E-state index in [9.17, 15) is 17.8 Å². The normalized spacial score (nSPS) is 29.2. The van der Waals surface area contributed by atoms with Crippen LogP contribution in [0.3, 0.4) is 0 Å². The Balaban J connectivity index is 1.55.